The van der Waals surface area contributed by atoms with E-state index in [0.29, 0.717) is 41.8 Å². The van der Waals surface area contributed by atoms with E-state index in [2.05, 4.69) is 10.0 Å². The van der Waals surface area contributed by atoms with Gasteiger partial charge in [-0.2, -0.15) is 0 Å². The zero-order valence-corrected chi connectivity index (χ0v) is 17.9. The third kappa shape index (κ3) is 5.50. The Labute approximate surface area is 186 Å². The van der Waals surface area contributed by atoms with Gasteiger partial charge in [-0.05, 0) is 48.5 Å². The second-order valence-electron chi connectivity index (χ2n) is 6.99. The molecule has 166 valence electrons. The molecule has 0 radical (unpaired) electrons. The molecule has 8 nitrogen and oxygen atoms in total. The highest BCUT2D eigenvalue weighted by atomic mass is 32.2. The molecule has 0 aromatic heterocycles. The molecule has 0 unspecified atom stereocenters. The number of sulfonamides is 1. The quantitative estimate of drug-likeness (QED) is 0.565. The fourth-order valence-electron chi connectivity index (χ4n) is 3.01. The Kier molecular flexibility index (Phi) is 6.46. The lowest BCUT2D eigenvalue weighted by Gasteiger charge is -2.12. The first-order valence-electron chi connectivity index (χ1n) is 10.00. The molecule has 4 rings (SSSR count). The summed E-state index contributed by atoms with van der Waals surface area (Å²) in [5, 5.41) is 2.70. The van der Waals surface area contributed by atoms with Gasteiger partial charge in [-0.15, -0.1) is 0 Å². The number of rotatable bonds is 7. The Morgan fingerprint density at radius 1 is 0.875 bits per heavy atom. The molecule has 0 atom stereocenters. The van der Waals surface area contributed by atoms with E-state index in [1.165, 1.54) is 12.1 Å². The van der Waals surface area contributed by atoms with Crippen molar-refractivity contribution in [2.75, 3.05) is 29.9 Å². The highest BCUT2D eigenvalue weighted by Crippen LogP contribution is 2.32. The second kappa shape index (κ2) is 9.61. The number of amides is 1. The summed E-state index contributed by atoms with van der Waals surface area (Å²) in [5.74, 6) is 1.20. The number of hydrogen-bond donors (Lipinski definition) is 2. The largest absolute Gasteiger partial charge is 0.490 e. The molecule has 1 aliphatic rings. The van der Waals surface area contributed by atoms with Crippen molar-refractivity contribution in [2.45, 2.75) is 11.3 Å². The molecule has 3 aromatic rings. The van der Waals surface area contributed by atoms with Crippen LogP contribution in [-0.4, -0.2) is 34.1 Å². The van der Waals surface area contributed by atoms with Gasteiger partial charge in [0, 0.05) is 23.9 Å². The number of anilines is 2. The lowest BCUT2D eigenvalue weighted by Crippen LogP contribution is -2.20. The molecule has 0 spiro atoms. The fourth-order valence-corrected chi connectivity index (χ4v) is 4.08. The predicted molar refractivity (Wildman–Crippen MR) is 120 cm³/mol. The Bertz CT molecular complexity index is 1180. The van der Waals surface area contributed by atoms with Crippen molar-refractivity contribution >= 4 is 27.3 Å². The Balaban J connectivity index is 1.36. The summed E-state index contributed by atoms with van der Waals surface area (Å²) in [6.07, 6.45) is 0.732. The Morgan fingerprint density at radius 2 is 1.56 bits per heavy atom. The second-order valence-corrected chi connectivity index (χ2v) is 8.67. The fraction of sp³-hybridized carbons (Fsp3) is 0.174. The van der Waals surface area contributed by atoms with Crippen LogP contribution >= 0.6 is 0 Å². The van der Waals surface area contributed by atoms with Gasteiger partial charge >= 0.3 is 0 Å². The van der Waals surface area contributed by atoms with Crippen molar-refractivity contribution in [3.8, 4) is 17.2 Å². The topological polar surface area (TPSA) is 103 Å². The maximum absolute atomic E-state index is 12.8. The smallest absolute Gasteiger partial charge is 0.262 e. The van der Waals surface area contributed by atoms with Crippen LogP contribution in [0.4, 0.5) is 11.4 Å². The molecule has 0 bridgehead atoms. The summed E-state index contributed by atoms with van der Waals surface area (Å²) in [6, 6.07) is 19.9. The van der Waals surface area contributed by atoms with Crippen LogP contribution in [0.15, 0.2) is 77.7 Å². The van der Waals surface area contributed by atoms with Gasteiger partial charge in [-0.1, -0.05) is 18.2 Å². The number of hydrogen-bond acceptors (Lipinski definition) is 6. The van der Waals surface area contributed by atoms with Crippen LogP contribution in [0.3, 0.4) is 0 Å². The normalized spacial score (nSPS) is 13.0. The first kappa shape index (κ1) is 21.5. The predicted octanol–water partition coefficient (Wildman–Crippen LogP) is 3.67. The summed E-state index contributed by atoms with van der Waals surface area (Å²) < 4.78 is 44.6. The minimum atomic E-state index is -3.83. The SMILES string of the molecule is O=C(COc1ccccc1)Nc1ccc(NS(=O)(=O)c2ccc3c(c2)OCCCO3)cc1. The Morgan fingerprint density at radius 3 is 2.31 bits per heavy atom. The molecule has 1 aliphatic heterocycles. The van der Waals surface area contributed by atoms with Gasteiger partial charge in [0.05, 0.1) is 18.1 Å². The molecule has 3 aromatic carbocycles. The number of nitrogens with one attached hydrogen (secondary N) is 2. The maximum atomic E-state index is 12.8. The monoisotopic (exact) mass is 454 g/mol. The number of benzene rings is 3. The van der Waals surface area contributed by atoms with Crippen molar-refractivity contribution in [1.82, 2.24) is 0 Å². The zero-order valence-electron chi connectivity index (χ0n) is 17.1. The van der Waals surface area contributed by atoms with Crippen LogP contribution in [0.25, 0.3) is 0 Å². The van der Waals surface area contributed by atoms with Gasteiger partial charge in [0.1, 0.15) is 5.75 Å². The molecule has 2 N–H and O–H groups in total. The number of para-hydroxylation sites is 1. The molecular formula is C23H22N2O6S. The highest BCUT2D eigenvalue weighted by molar-refractivity contribution is 7.92. The lowest BCUT2D eigenvalue weighted by molar-refractivity contribution is -0.118. The maximum Gasteiger partial charge on any atom is 0.262 e. The van der Waals surface area contributed by atoms with E-state index in [9.17, 15) is 13.2 Å². The summed E-state index contributed by atoms with van der Waals surface area (Å²) in [5.41, 5.74) is 0.876. The van der Waals surface area contributed by atoms with Crippen molar-refractivity contribution in [3.63, 3.8) is 0 Å². The van der Waals surface area contributed by atoms with Crippen LogP contribution in [0.2, 0.25) is 0 Å². The average molecular weight is 455 g/mol. The number of carbonyl (C=O) groups excluding carboxylic acids is 1. The van der Waals surface area contributed by atoms with Crippen molar-refractivity contribution in [3.05, 3.63) is 72.8 Å². The van der Waals surface area contributed by atoms with Gasteiger partial charge in [0.25, 0.3) is 15.9 Å². The van der Waals surface area contributed by atoms with E-state index in [1.807, 2.05) is 18.2 Å². The summed E-state index contributed by atoms with van der Waals surface area (Å²) in [6.45, 7) is 0.856. The zero-order chi connectivity index (χ0) is 22.4. The molecule has 0 aliphatic carbocycles. The third-order valence-electron chi connectivity index (χ3n) is 4.56. The Hall–Kier alpha value is -3.72. The van der Waals surface area contributed by atoms with Crippen LogP contribution in [0, 0.1) is 0 Å². The van der Waals surface area contributed by atoms with Crippen molar-refractivity contribution in [2.24, 2.45) is 0 Å². The van der Waals surface area contributed by atoms with Gasteiger partial charge in [-0.3, -0.25) is 9.52 Å². The molecule has 1 heterocycles. The van der Waals surface area contributed by atoms with Gasteiger partial charge in [0.2, 0.25) is 0 Å². The minimum absolute atomic E-state index is 0.0668. The van der Waals surface area contributed by atoms with Gasteiger partial charge in [-0.25, -0.2) is 8.42 Å². The molecule has 9 heteroatoms. The number of ether oxygens (including phenoxy) is 3. The van der Waals surface area contributed by atoms with E-state index < -0.39 is 10.0 Å². The van der Waals surface area contributed by atoms with Crippen LogP contribution in [-0.2, 0) is 14.8 Å². The molecule has 0 saturated heterocycles. The van der Waals surface area contributed by atoms with E-state index in [1.54, 1.807) is 42.5 Å². The summed E-state index contributed by atoms with van der Waals surface area (Å²) in [4.78, 5) is 12.1. The number of fused-ring (bicyclic) bond motifs is 1. The molecule has 32 heavy (non-hydrogen) atoms. The van der Waals surface area contributed by atoms with Crippen LogP contribution in [0.1, 0.15) is 6.42 Å². The van der Waals surface area contributed by atoms with Gasteiger partial charge in [0.15, 0.2) is 18.1 Å². The van der Waals surface area contributed by atoms with Crippen molar-refractivity contribution < 1.29 is 27.4 Å². The summed E-state index contributed by atoms with van der Waals surface area (Å²) in [7, 11) is -3.83. The minimum Gasteiger partial charge on any atom is -0.490 e. The standard InChI is InChI=1S/C23H22N2O6S/c26-23(16-31-19-5-2-1-3-6-19)24-17-7-9-18(10-8-17)25-32(27,28)20-11-12-21-22(15-20)30-14-4-13-29-21/h1-3,5-12,15,25H,4,13-14,16H2,(H,24,26). The van der Waals surface area contributed by atoms with E-state index in [-0.39, 0.29) is 17.4 Å². The molecule has 0 saturated carbocycles. The van der Waals surface area contributed by atoms with Crippen LogP contribution in [0.5, 0.6) is 17.2 Å². The lowest BCUT2D eigenvalue weighted by atomic mass is 10.3. The first-order chi connectivity index (χ1) is 15.5. The van der Waals surface area contributed by atoms with Gasteiger partial charge < -0.3 is 19.5 Å². The molecule has 0 fully saturated rings. The first-order valence-corrected chi connectivity index (χ1v) is 11.5. The van der Waals surface area contributed by atoms with E-state index in [0.717, 1.165) is 6.42 Å². The molecule has 1 amide bonds. The van der Waals surface area contributed by atoms with E-state index >= 15 is 0 Å². The van der Waals surface area contributed by atoms with Crippen molar-refractivity contribution in [1.29, 1.82) is 0 Å². The third-order valence-corrected chi connectivity index (χ3v) is 5.94. The summed E-state index contributed by atoms with van der Waals surface area (Å²) >= 11 is 0. The van der Waals surface area contributed by atoms with E-state index in [4.69, 9.17) is 14.2 Å². The average Bonchev–Trinajstić information content (AvgIpc) is 3.04. The highest BCUT2D eigenvalue weighted by Gasteiger charge is 2.19. The van der Waals surface area contributed by atoms with Crippen LogP contribution < -0.4 is 24.2 Å². The molecular weight excluding hydrogens is 432 g/mol. The number of carbonyl (C=O) groups is 1.